The molecular formula is C16H22N2O7. The molecule has 1 unspecified atom stereocenters. The average Bonchev–Trinajstić information content (AvgIpc) is 2.62. The Morgan fingerprint density at radius 3 is 2.48 bits per heavy atom. The molecule has 25 heavy (non-hydrogen) atoms. The number of hydrogen-bond donors (Lipinski definition) is 0. The lowest BCUT2D eigenvalue weighted by Crippen LogP contribution is -2.39. The Labute approximate surface area is 145 Å². The number of carbonyl (C=O) groups excluding carboxylic acids is 2. The second-order valence-electron chi connectivity index (χ2n) is 5.31. The van der Waals surface area contributed by atoms with Crippen LogP contribution in [-0.4, -0.2) is 62.7 Å². The Morgan fingerprint density at radius 1 is 1.28 bits per heavy atom. The zero-order chi connectivity index (χ0) is 19.0. The van der Waals surface area contributed by atoms with Gasteiger partial charge in [0, 0.05) is 31.8 Å². The molecule has 1 rings (SSSR count). The van der Waals surface area contributed by atoms with Crippen LogP contribution in [-0.2, 0) is 14.3 Å². The zero-order valence-corrected chi connectivity index (χ0v) is 14.7. The molecule has 0 bridgehead atoms. The SMILES string of the molecule is COCCN(CC(C)C(=O)OC)C(=O)c1ccc(OC)c([N+](=O)[O-])c1. The van der Waals surface area contributed by atoms with Gasteiger partial charge in [0.2, 0.25) is 0 Å². The van der Waals surface area contributed by atoms with Gasteiger partial charge < -0.3 is 19.1 Å². The van der Waals surface area contributed by atoms with Crippen molar-refractivity contribution in [3.63, 3.8) is 0 Å². The van der Waals surface area contributed by atoms with E-state index in [4.69, 9.17) is 9.47 Å². The molecule has 0 aromatic heterocycles. The third kappa shape index (κ3) is 5.42. The number of nitro benzene ring substituents is 1. The molecule has 1 amide bonds. The summed E-state index contributed by atoms with van der Waals surface area (Å²) in [6, 6.07) is 3.96. The molecule has 0 heterocycles. The second kappa shape index (κ2) is 9.58. The summed E-state index contributed by atoms with van der Waals surface area (Å²) >= 11 is 0. The minimum absolute atomic E-state index is 0.0629. The quantitative estimate of drug-likeness (QED) is 0.375. The van der Waals surface area contributed by atoms with Crippen LogP contribution in [0.5, 0.6) is 5.75 Å². The van der Waals surface area contributed by atoms with Crippen LogP contribution in [0, 0.1) is 16.0 Å². The van der Waals surface area contributed by atoms with Crippen LogP contribution in [0.25, 0.3) is 0 Å². The third-order valence-electron chi connectivity index (χ3n) is 3.57. The molecule has 138 valence electrons. The van der Waals surface area contributed by atoms with Crippen molar-refractivity contribution in [1.82, 2.24) is 4.90 Å². The molecule has 0 N–H and O–H groups in total. The van der Waals surface area contributed by atoms with Gasteiger partial charge in [-0.25, -0.2) is 0 Å². The van der Waals surface area contributed by atoms with Crippen molar-refractivity contribution in [3.8, 4) is 5.75 Å². The average molecular weight is 354 g/mol. The van der Waals surface area contributed by atoms with Crippen LogP contribution in [0.4, 0.5) is 5.69 Å². The highest BCUT2D eigenvalue weighted by molar-refractivity contribution is 5.95. The fraction of sp³-hybridized carbons (Fsp3) is 0.500. The van der Waals surface area contributed by atoms with Gasteiger partial charge in [0.05, 0.1) is 31.7 Å². The number of carbonyl (C=O) groups is 2. The highest BCUT2D eigenvalue weighted by atomic mass is 16.6. The Hall–Kier alpha value is -2.68. The van der Waals surface area contributed by atoms with Gasteiger partial charge in [0.1, 0.15) is 0 Å². The fourth-order valence-electron chi connectivity index (χ4n) is 2.23. The van der Waals surface area contributed by atoms with E-state index in [-0.39, 0.29) is 36.7 Å². The Kier molecular flexibility index (Phi) is 7.80. The highest BCUT2D eigenvalue weighted by Gasteiger charge is 2.25. The van der Waals surface area contributed by atoms with Crippen molar-refractivity contribution < 1.29 is 28.7 Å². The van der Waals surface area contributed by atoms with E-state index < -0.39 is 22.7 Å². The van der Waals surface area contributed by atoms with E-state index in [0.29, 0.717) is 0 Å². The number of nitrogens with zero attached hydrogens (tertiary/aromatic N) is 2. The first-order valence-corrected chi connectivity index (χ1v) is 7.54. The van der Waals surface area contributed by atoms with Gasteiger partial charge in [-0.05, 0) is 12.1 Å². The summed E-state index contributed by atoms with van der Waals surface area (Å²) in [7, 11) is 4.07. The molecule has 0 radical (unpaired) electrons. The molecule has 0 aliphatic carbocycles. The monoisotopic (exact) mass is 354 g/mol. The van der Waals surface area contributed by atoms with Crippen molar-refractivity contribution in [2.75, 3.05) is 41.0 Å². The smallest absolute Gasteiger partial charge is 0.311 e. The van der Waals surface area contributed by atoms with Gasteiger partial charge in [0.15, 0.2) is 5.75 Å². The number of amides is 1. The summed E-state index contributed by atoms with van der Waals surface area (Å²) in [6.07, 6.45) is 0. The van der Waals surface area contributed by atoms with Crippen LogP contribution in [0.3, 0.4) is 0 Å². The van der Waals surface area contributed by atoms with Gasteiger partial charge in [-0.1, -0.05) is 6.92 Å². The molecule has 0 aliphatic rings. The van der Waals surface area contributed by atoms with Gasteiger partial charge in [-0.3, -0.25) is 19.7 Å². The zero-order valence-electron chi connectivity index (χ0n) is 14.7. The first kappa shape index (κ1) is 20.4. The van der Waals surface area contributed by atoms with Gasteiger partial charge in [-0.2, -0.15) is 0 Å². The summed E-state index contributed by atoms with van der Waals surface area (Å²) in [4.78, 5) is 36.2. The summed E-state index contributed by atoms with van der Waals surface area (Å²) < 4.78 is 14.6. The minimum Gasteiger partial charge on any atom is -0.490 e. The van der Waals surface area contributed by atoms with Gasteiger partial charge in [0.25, 0.3) is 5.91 Å². The summed E-state index contributed by atoms with van der Waals surface area (Å²) in [5.41, 5.74) is -0.179. The van der Waals surface area contributed by atoms with Crippen LogP contribution in [0.1, 0.15) is 17.3 Å². The Morgan fingerprint density at radius 2 is 1.96 bits per heavy atom. The Balaban J connectivity index is 3.09. The van der Waals surface area contributed by atoms with Crippen LogP contribution >= 0.6 is 0 Å². The first-order chi connectivity index (χ1) is 11.8. The predicted molar refractivity (Wildman–Crippen MR) is 88.6 cm³/mol. The minimum atomic E-state index is -0.619. The molecule has 9 heteroatoms. The molecule has 0 saturated carbocycles. The van der Waals surface area contributed by atoms with E-state index in [1.165, 1.54) is 38.4 Å². The lowest BCUT2D eigenvalue weighted by Gasteiger charge is -2.25. The molecule has 9 nitrogen and oxygen atoms in total. The first-order valence-electron chi connectivity index (χ1n) is 7.54. The number of ether oxygens (including phenoxy) is 3. The topological polar surface area (TPSA) is 108 Å². The second-order valence-corrected chi connectivity index (χ2v) is 5.31. The molecule has 1 aromatic rings. The van der Waals surface area contributed by atoms with Gasteiger partial charge >= 0.3 is 11.7 Å². The third-order valence-corrected chi connectivity index (χ3v) is 3.57. The molecule has 1 atom stereocenters. The number of nitro groups is 1. The van der Waals surface area contributed by atoms with E-state index in [1.54, 1.807) is 6.92 Å². The molecule has 1 aromatic carbocycles. The molecule has 0 saturated heterocycles. The van der Waals surface area contributed by atoms with Crippen LogP contribution in [0.15, 0.2) is 18.2 Å². The standard InChI is InChI=1S/C16H22N2O7/c1-11(16(20)25-4)10-17(7-8-23-2)15(19)12-5-6-14(24-3)13(9-12)18(21)22/h5-6,9,11H,7-8,10H2,1-4H3. The molecule has 0 fully saturated rings. The predicted octanol–water partition coefficient (Wildman–Crippen LogP) is 1.50. The van der Waals surface area contributed by atoms with Crippen molar-refractivity contribution in [1.29, 1.82) is 0 Å². The maximum Gasteiger partial charge on any atom is 0.311 e. The summed E-state index contributed by atoms with van der Waals surface area (Å²) in [5.74, 6) is -1.37. The summed E-state index contributed by atoms with van der Waals surface area (Å²) in [6.45, 7) is 2.23. The lowest BCUT2D eigenvalue weighted by molar-refractivity contribution is -0.385. The maximum atomic E-state index is 12.7. The van der Waals surface area contributed by atoms with E-state index in [9.17, 15) is 19.7 Å². The van der Waals surface area contributed by atoms with Crippen molar-refractivity contribution in [3.05, 3.63) is 33.9 Å². The number of hydrogen-bond acceptors (Lipinski definition) is 7. The lowest BCUT2D eigenvalue weighted by atomic mass is 10.1. The largest absolute Gasteiger partial charge is 0.490 e. The highest BCUT2D eigenvalue weighted by Crippen LogP contribution is 2.28. The Bertz CT molecular complexity index is 633. The number of methoxy groups -OCH3 is 3. The summed E-state index contributed by atoms with van der Waals surface area (Å²) in [5, 5.41) is 11.1. The molecule has 0 aliphatic heterocycles. The van der Waals surface area contributed by atoms with E-state index in [0.717, 1.165) is 6.07 Å². The molecule has 0 spiro atoms. The maximum absolute atomic E-state index is 12.7. The normalized spacial score (nSPS) is 11.5. The van der Waals surface area contributed by atoms with Crippen molar-refractivity contribution in [2.24, 2.45) is 5.92 Å². The molecular weight excluding hydrogens is 332 g/mol. The number of benzene rings is 1. The van der Waals surface area contributed by atoms with E-state index in [1.807, 2.05) is 0 Å². The number of esters is 1. The van der Waals surface area contributed by atoms with Gasteiger partial charge in [-0.15, -0.1) is 0 Å². The van der Waals surface area contributed by atoms with Crippen molar-refractivity contribution in [2.45, 2.75) is 6.92 Å². The van der Waals surface area contributed by atoms with E-state index in [2.05, 4.69) is 4.74 Å². The number of rotatable bonds is 9. The van der Waals surface area contributed by atoms with E-state index >= 15 is 0 Å². The van der Waals surface area contributed by atoms with Crippen LogP contribution < -0.4 is 4.74 Å². The van der Waals surface area contributed by atoms with Crippen LogP contribution in [0.2, 0.25) is 0 Å². The van der Waals surface area contributed by atoms with Crippen molar-refractivity contribution >= 4 is 17.6 Å². The fourth-order valence-corrected chi connectivity index (χ4v) is 2.23.